The fourth-order valence-corrected chi connectivity index (χ4v) is 2.27. The summed E-state index contributed by atoms with van der Waals surface area (Å²) in [6.45, 7) is 21.9. The molecule has 0 aromatic carbocycles. The minimum atomic E-state index is 0.0441. The van der Waals surface area contributed by atoms with Crippen LogP contribution in [0, 0.1) is 5.41 Å². The second-order valence-electron chi connectivity index (χ2n) is 4.86. The second-order valence-corrected chi connectivity index (χ2v) is 4.86. The van der Waals surface area contributed by atoms with E-state index in [1.807, 2.05) is 26.0 Å². The normalized spacial score (nSPS) is 20.1. The molecule has 0 amide bonds. The Hall–Kier alpha value is -1.56. The lowest BCUT2D eigenvalue weighted by molar-refractivity contribution is 0.579. The summed E-state index contributed by atoms with van der Waals surface area (Å²) in [4.78, 5) is 0. The van der Waals surface area contributed by atoms with Crippen molar-refractivity contribution in [2.75, 3.05) is 0 Å². The highest BCUT2D eigenvalue weighted by atomic mass is 14.4. The van der Waals surface area contributed by atoms with Crippen LogP contribution in [0.5, 0.6) is 0 Å². The van der Waals surface area contributed by atoms with E-state index in [1.54, 1.807) is 6.08 Å². The number of rotatable bonds is 2. The van der Waals surface area contributed by atoms with Crippen LogP contribution in [0.15, 0.2) is 72.4 Å². The molecule has 0 N–H and O–H groups in total. The van der Waals surface area contributed by atoms with E-state index >= 15 is 0 Å². The van der Waals surface area contributed by atoms with Crippen molar-refractivity contribution in [3.05, 3.63) is 72.4 Å². The van der Waals surface area contributed by atoms with Gasteiger partial charge in [0.15, 0.2) is 0 Å². The maximum Gasteiger partial charge on any atom is 0.0154 e. The predicted octanol–water partition coefficient (Wildman–Crippen LogP) is 5.78. The molecule has 0 saturated carbocycles. The van der Waals surface area contributed by atoms with Crippen LogP contribution in [0.25, 0.3) is 0 Å². The number of allylic oxidation sites excluding steroid dienone is 9. The lowest BCUT2D eigenvalue weighted by atomic mass is 9.80. The van der Waals surface area contributed by atoms with Crippen molar-refractivity contribution in [1.29, 1.82) is 0 Å². The molecule has 0 saturated heterocycles. The Balaban J connectivity index is 0.000000873. The smallest absolute Gasteiger partial charge is 0.0154 e. The van der Waals surface area contributed by atoms with E-state index in [2.05, 4.69) is 52.7 Å². The highest BCUT2D eigenvalue weighted by Gasteiger charge is 2.35. The first-order valence-corrected chi connectivity index (χ1v) is 6.32. The molecule has 0 spiro atoms. The molecule has 0 aromatic rings. The summed E-state index contributed by atoms with van der Waals surface area (Å²) in [6, 6.07) is 0. The molecular weight excluding hydrogens is 216 g/mol. The van der Waals surface area contributed by atoms with Gasteiger partial charge in [-0.15, -0.1) is 6.58 Å². The molecule has 1 aliphatic rings. The molecule has 0 aromatic heterocycles. The summed E-state index contributed by atoms with van der Waals surface area (Å²) >= 11 is 0. The zero-order valence-corrected chi connectivity index (χ0v) is 12.5. The van der Waals surface area contributed by atoms with E-state index in [4.69, 9.17) is 0 Å². The molecule has 0 nitrogen and oxygen atoms in total. The van der Waals surface area contributed by atoms with Crippen LogP contribution in [0.3, 0.4) is 0 Å². The third-order valence-electron chi connectivity index (χ3n) is 3.19. The zero-order chi connectivity index (χ0) is 14.3. The summed E-state index contributed by atoms with van der Waals surface area (Å²) in [7, 11) is 0. The number of hydrogen-bond acceptors (Lipinski definition) is 0. The van der Waals surface area contributed by atoms with Crippen LogP contribution < -0.4 is 0 Å². The van der Waals surface area contributed by atoms with E-state index in [-0.39, 0.29) is 5.41 Å². The van der Waals surface area contributed by atoms with Gasteiger partial charge >= 0.3 is 0 Å². The molecular formula is C18H26. The molecule has 0 aliphatic heterocycles. The van der Waals surface area contributed by atoms with Crippen molar-refractivity contribution in [3.8, 4) is 0 Å². The van der Waals surface area contributed by atoms with Crippen LogP contribution in [-0.4, -0.2) is 0 Å². The third kappa shape index (κ3) is 3.22. The minimum absolute atomic E-state index is 0.0441. The van der Waals surface area contributed by atoms with Gasteiger partial charge in [-0.1, -0.05) is 57.4 Å². The van der Waals surface area contributed by atoms with Gasteiger partial charge < -0.3 is 0 Å². The van der Waals surface area contributed by atoms with E-state index < -0.39 is 0 Å². The van der Waals surface area contributed by atoms with Crippen LogP contribution in [0.1, 0.15) is 34.6 Å². The summed E-state index contributed by atoms with van der Waals surface area (Å²) in [5.74, 6) is 0. The minimum Gasteiger partial charge on any atom is -0.103 e. The van der Waals surface area contributed by atoms with Crippen molar-refractivity contribution in [3.63, 3.8) is 0 Å². The highest BCUT2D eigenvalue weighted by Crippen LogP contribution is 2.49. The van der Waals surface area contributed by atoms with Crippen LogP contribution in [0.2, 0.25) is 0 Å². The van der Waals surface area contributed by atoms with Crippen LogP contribution in [-0.2, 0) is 0 Å². The summed E-state index contributed by atoms with van der Waals surface area (Å²) < 4.78 is 0. The van der Waals surface area contributed by atoms with Crippen LogP contribution in [0.4, 0.5) is 0 Å². The first-order valence-electron chi connectivity index (χ1n) is 6.32. The van der Waals surface area contributed by atoms with Crippen molar-refractivity contribution < 1.29 is 0 Å². The fourth-order valence-electron chi connectivity index (χ4n) is 2.27. The third-order valence-corrected chi connectivity index (χ3v) is 3.19. The van der Waals surface area contributed by atoms with Gasteiger partial charge in [0.1, 0.15) is 0 Å². The Morgan fingerprint density at radius 2 is 1.61 bits per heavy atom. The second kappa shape index (κ2) is 7.00. The standard InChI is InChI=1S/C15H20.C3H6/c1-7-9-10-14-12(4)11(3)13(8-2)15(14,5)6;1-3-2/h7-10H,2,4H2,1,3,5-6H3;3H,1H2,2H3/b9-7-,14-10+;. The van der Waals surface area contributed by atoms with Crippen molar-refractivity contribution in [2.45, 2.75) is 34.6 Å². The van der Waals surface area contributed by atoms with E-state index in [1.165, 1.54) is 16.7 Å². The Morgan fingerprint density at radius 3 is 1.94 bits per heavy atom. The molecule has 1 rings (SSSR count). The van der Waals surface area contributed by atoms with E-state index in [0.717, 1.165) is 5.57 Å². The summed E-state index contributed by atoms with van der Waals surface area (Å²) in [5, 5.41) is 0. The average molecular weight is 242 g/mol. The SMILES string of the molecule is C=CC.C=CC1=C(C)C(=C)/C(=C\C=C/C)C1(C)C. The topological polar surface area (TPSA) is 0 Å². The lowest BCUT2D eigenvalue weighted by Crippen LogP contribution is -2.12. The van der Waals surface area contributed by atoms with Crippen molar-refractivity contribution >= 4 is 0 Å². The fraction of sp³-hybridized carbons (Fsp3) is 0.333. The van der Waals surface area contributed by atoms with Gasteiger partial charge in [0.25, 0.3) is 0 Å². The first-order chi connectivity index (χ1) is 8.38. The summed E-state index contributed by atoms with van der Waals surface area (Å²) in [5.41, 5.74) is 5.05. The van der Waals surface area contributed by atoms with Crippen LogP contribution >= 0.6 is 0 Å². The molecule has 0 atom stereocenters. The monoisotopic (exact) mass is 242 g/mol. The summed E-state index contributed by atoms with van der Waals surface area (Å²) in [6.07, 6.45) is 9.97. The number of hydrogen-bond donors (Lipinski definition) is 0. The molecule has 0 unspecified atom stereocenters. The Kier molecular flexibility index (Phi) is 6.40. The lowest BCUT2D eigenvalue weighted by Gasteiger charge is -2.23. The maximum absolute atomic E-state index is 4.16. The maximum atomic E-state index is 4.16. The predicted molar refractivity (Wildman–Crippen MR) is 84.6 cm³/mol. The molecule has 0 heterocycles. The molecule has 98 valence electrons. The molecule has 1 aliphatic carbocycles. The largest absolute Gasteiger partial charge is 0.103 e. The molecule has 0 heteroatoms. The quantitative estimate of drug-likeness (QED) is 0.538. The highest BCUT2D eigenvalue weighted by molar-refractivity contribution is 5.62. The average Bonchev–Trinajstić information content (AvgIpc) is 2.45. The van der Waals surface area contributed by atoms with E-state index in [9.17, 15) is 0 Å². The zero-order valence-electron chi connectivity index (χ0n) is 12.5. The van der Waals surface area contributed by atoms with E-state index in [0.29, 0.717) is 0 Å². The van der Waals surface area contributed by atoms with Gasteiger partial charge in [0.05, 0.1) is 0 Å². The molecule has 0 bridgehead atoms. The molecule has 0 radical (unpaired) electrons. The van der Waals surface area contributed by atoms with Gasteiger partial charge in [-0.05, 0) is 43.1 Å². The Bertz CT molecular complexity index is 423. The Labute approximate surface area is 113 Å². The Morgan fingerprint density at radius 1 is 1.11 bits per heavy atom. The van der Waals surface area contributed by atoms with Crippen molar-refractivity contribution in [2.24, 2.45) is 5.41 Å². The van der Waals surface area contributed by atoms with Gasteiger partial charge in [0.2, 0.25) is 0 Å². The first kappa shape index (κ1) is 16.4. The van der Waals surface area contributed by atoms with Gasteiger partial charge in [-0.3, -0.25) is 0 Å². The molecule has 0 fully saturated rings. The van der Waals surface area contributed by atoms with Gasteiger partial charge in [-0.2, -0.15) is 0 Å². The molecule has 18 heavy (non-hydrogen) atoms. The van der Waals surface area contributed by atoms with Gasteiger partial charge in [0, 0.05) is 5.41 Å². The van der Waals surface area contributed by atoms with Gasteiger partial charge in [-0.25, -0.2) is 0 Å². The van der Waals surface area contributed by atoms with Crippen molar-refractivity contribution in [1.82, 2.24) is 0 Å².